The van der Waals surface area contributed by atoms with Gasteiger partial charge in [-0.25, -0.2) is 15.0 Å². The van der Waals surface area contributed by atoms with Gasteiger partial charge in [-0.15, -0.1) is 0 Å². The van der Waals surface area contributed by atoms with Gasteiger partial charge >= 0.3 is 0 Å². The molecule has 9 aromatic rings. The Bertz CT molecular complexity index is 2800. The maximum absolute atomic E-state index is 9.47. The largest absolute Gasteiger partial charge is 0.208 e. The van der Waals surface area contributed by atoms with Gasteiger partial charge in [0.1, 0.15) is 0 Å². The molecule has 240 valence electrons. The first kappa shape index (κ1) is 29.7. The second-order valence-electron chi connectivity index (χ2n) is 13.1. The zero-order valence-electron chi connectivity index (χ0n) is 28.0. The fourth-order valence-electron chi connectivity index (χ4n) is 7.59. The fourth-order valence-corrected chi connectivity index (χ4v) is 7.59. The average Bonchev–Trinajstić information content (AvgIpc) is 3.55. The molecule has 0 N–H and O–H groups in total. The Morgan fingerprint density at radius 2 is 0.750 bits per heavy atom. The van der Waals surface area contributed by atoms with Crippen molar-refractivity contribution in [3.05, 3.63) is 175 Å². The Balaban J connectivity index is 1.12. The number of hydrogen-bond donors (Lipinski definition) is 0. The van der Waals surface area contributed by atoms with Crippen LogP contribution in [0.3, 0.4) is 0 Å². The van der Waals surface area contributed by atoms with E-state index >= 15 is 0 Å². The fraction of sp³-hybridized carbons (Fsp3) is 0. The SMILES string of the molecule is N#Cc1ccc(-c2ccc3c4c(ccc(-c5ccc6cc(-c7nc(-c8ccccc8)nc(-c8ccccc8)n7)ccc6c5)c24)-c2ccccc2-3)cc1. The first-order chi connectivity index (χ1) is 25.7. The molecule has 1 aliphatic carbocycles. The molecule has 0 aliphatic heterocycles. The van der Waals surface area contributed by atoms with Gasteiger partial charge in [-0.2, -0.15) is 5.26 Å². The number of nitrogens with zero attached hydrogens (tertiary/aromatic N) is 4. The van der Waals surface area contributed by atoms with E-state index in [-0.39, 0.29) is 0 Å². The Labute approximate surface area is 301 Å². The van der Waals surface area contributed by atoms with E-state index in [9.17, 15) is 5.26 Å². The van der Waals surface area contributed by atoms with Crippen molar-refractivity contribution in [1.82, 2.24) is 15.0 Å². The molecule has 1 aromatic heterocycles. The Morgan fingerprint density at radius 3 is 1.31 bits per heavy atom. The highest BCUT2D eigenvalue weighted by atomic mass is 15.0. The lowest BCUT2D eigenvalue weighted by molar-refractivity contribution is 1.07. The molecular formula is C48H28N4. The third kappa shape index (κ3) is 4.87. The lowest BCUT2D eigenvalue weighted by Gasteiger charge is -2.16. The maximum Gasteiger partial charge on any atom is 0.164 e. The monoisotopic (exact) mass is 660 g/mol. The van der Waals surface area contributed by atoms with Crippen molar-refractivity contribution >= 4 is 21.5 Å². The van der Waals surface area contributed by atoms with Gasteiger partial charge in [0, 0.05) is 16.7 Å². The van der Waals surface area contributed by atoms with Gasteiger partial charge in [0.05, 0.1) is 11.6 Å². The lowest BCUT2D eigenvalue weighted by Crippen LogP contribution is -2.00. The standard InChI is InChI=1S/C48H28N4/c49-29-30-15-17-31(18-16-30)38-23-25-42-40-13-7-8-14-41(40)43-26-24-39(44(38)45(42)43)36-21-19-35-28-37(22-20-34(35)27-36)48-51-46(32-9-3-1-4-10-32)50-47(52-48)33-11-5-2-6-12-33/h1-28H. The van der Waals surface area contributed by atoms with Crippen LogP contribution in [0, 0.1) is 11.3 Å². The number of fused-ring (bicyclic) bond motifs is 4. The predicted molar refractivity (Wildman–Crippen MR) is 211 cm³/mol. The minimum atomic E-state index is 0.637. The third-order valence-corrected chi connectivity index (χ3v) is 10.1. The lowest BCUT2D eigenvalue weighted by atomic mass is 9.88. The van der Waals surface area contributed by atoms with Gasteiger partial charge in [0.25, 0.3) is 0 Å². The number of nitriles is 1. The molecule has 0 fully saturated rings. The molecule has 0 radical (unpaired) electrons. The highest BCUT2D eigenvalue weighted by Crippen LogP contribution is 2.52. The summed E-state index contributed by atoms with van der Waals surface area (Å²) in [6.07, 6.45) is 0. The van der Waals surface area contributed by atoms with Crippen LogP contribution >= 0.6 is 0 Å². The van der Waals surface area contributed by atoms with Gasteiger partial charge < -0.3 is 0 Å². The summed E-state index contributed by atoms with van der Waals surface area (Å²) in [5.74, 6) is 1.93. The van der Waals surface area contributed by atoms with Crippen LogP contribution in [0.4, 0.5) is 0 Å². The van der Waals surface area contributed by atoms with Crippen LogP contribution in [0.15, 0.2) is 170 Å². The Hall–Kier alpha value is -7.22. The van der Waals surface area contributed by atoms with Crippen LogP contribution in [0.2, 0.25) is 0 Å². The third-order valence-electron chi connectivity index (χ3n) is 10.1. The van der Waals surface area contributed by atoms with Crippen molar-refractivity contribution in [2.75, 3.05) is 0 Å². The molecule has 52 heavy (non-hydrogen) atoms. The van der Waals surface area contributed by atoms with E-state index in [1.807, 2.05) is 72.8 Å². The number of rotatable bonds is 5. The molecule has 4 nitrogen and oxygen atoms in total. The van der Waals surface area contributed by atoms with Crippen molar-refractivity contribution < 1.29 is 0 Å². The van der Waals surface area contributed by atoms with Gasteiger partial charge in [0.15, 0.2) is 17.5 Å². The highest BCUT2D eigenvalue weighted by molar-refractivity contribution is 6.22. The quantitative estimate of drug-likeness (QED) is 0.184. The first-order valence-corrected chi connectivity index (χ1v) is 17.3. The Morgan fingerprint density at radius 1 is 0.327 bits per heavy atom. The van der Waals surface area contributed by atoms with Gasteiger partial charge in [-0.05, 0) is 90.3 Å². The van der Waals surface area contributed by atoms with Crippen molar-refractivity contribution in [2.24, 2.45) is 0 Å². The van der Waals surface area contributed by atoms with E-state index in [2.05, 4.69) is 103 Å². The van der Waals surface area contributed by atoms with Crippen molar-refractivity contribution in [3.63, 3.8) is 0 Å². The van der Waals surface area contributed by atoms with E-state index in [0.29, 0.717) is 23.0 Å². The van der Waals surface area contributed by atoms with E-state index in [4.69, 9.17) is 15.0 Å². The second kappa shape index (κ2) is 12.0. The van der Waals surface area contributed by atoms with E-state index < -0.39 is 0 Å². The van der Waals surface area contributed by atoms with E-state index in [1.54, 1.807) is 0 Å². The summed E-state index contributed by atoms with van der Waals surface area (Å²) in [7, 11) is 0. The molecule has 4 heteroatoms. The molecule has 8 aromatic carbocycles. The molecule has 0 atom stereocenters. The van der Waals surface area contributed by atoms with Crippen molar-refractivity contribution in [3.8, 4) is 84.7 Å². The molecule has 0 saturated carbocycles. The van der Waals surface area contributed by atoms with Crippen LogP contribution in [-0.4, -0.2) is 15.0 Å². The number of hydrogen-bond acceptors (Lipinski definition) is 4. The van der Waals surface area contributed by atoms with Crippen LogP contribution < -0.4 is 0 Å². The van der Waals surface area contributed by atoms with Crippen molar-refractivity contribution in [2.45, 2.75) is 0 Å². The number of aromatic nitrogens is 3. The Kier molecular flexibility index (Phi) is 6.84. The summed E-state index contributed by atoms with van der Waals surface area (Å²) in [5.41, 5.74) is 13.1. The molecule has 0 unspecified atom stereocenters. The first-order valence-electron chi connectivity index (χ1n) is 17.3. The minimum absolute atomic E-state index is 0.637. The van der Waals surface area contributed by atoms with E-state index in [1.165, 1.54) is 38.6 Å². The molecule has 1 heterocycles. The molecular weight excluding hydrogens is 633 g/mol. The molecule has 0 saturated heterocycles. The second-order valence-corrected chi connectivity index (χ2v) is 13.1. The summed E-state index contributed by atoms with van der Waals surface area (Å²) in [5, 5.41) is 14.2. The summed E-state index contributed by atoms with van der Waals surface area (Å²) in [6.45, 7) is 0. The van der Waals surface area contributed by atoms with Gasteiger partial charge in [0.2, 0.25) is 0 Å². The smallest absolute Gasteiger partial charge is 0.164 e. The van der Waals surface area contributed by atoms with E-state index in [0.717, 1.165) is 44.2 Å². The molecule has 0 spiro atoms. The molecule has 10 rings (SSSR count). The van der Waals surface area contributed by atoms with Gasteiger partial charge in [-0.3, -0.25) is 0 Å². The van der Waals surface area contributed by atoms with Gasteiger partial charge in [-0.1, -0.05) is 146 Å². The number of benzene rings is 8. The van der Waals surface area contributed by atoms with Crippen LogP contribution in [0.25, 0.3) is 100 Å². The zero-order valence-corrected chi connectivity index (χ0v) is 28.0. The predicted octanol–water partition coefficient (Wildman–Crippen LogP) is 12.0. The van der Waals surface area contributed by atoms with Crippen LogP contribution in [0.5, 0.6) is 0 Å². The maximum atomic E-state index is 9.47. The van der Waals surface area contributed by atoms with Crippen LogP contribution in [0.1, 0.15) is 5.56 Å². The highest BCUT2D eigenvalue weighted by Gasteiger charge is 2.25. The summed E-state index contributed by atoms with van der Waals surface area (Å²) in [4.78, 5) is 14.8. The van der Waals surface area contributed by atoms with Crippen molar-refractivity contribution in [1.29, 1.82) is 5.26 Å². The zero-order chi connectivity index (χ0) is 34.6. The molecule has 1 aliphatic rings. The molecule has 0 bridgehead atoms. The summed E-state index contributed by atoms with van der Waals surface area (Å²) >= 11 is 0. The van der Waals surface area contributed by atoms with Crippen LogP contribution in [-0.2, 0) is 0 Å². The average molecular weight is 661 g/mol. The minimum Gasteiger partial charge on any atom is -0.208 e. The summed E-state index contributed by atoms with van der Waals surface area (Å²) in [6, 6.07) is 61.2. The normalized spacial score (nSPS) is 11.4. The topological polar surface area (TPSA) is 62.5 Å². The molecule has 0 amide bonds. The summed E-state index contributed by atoms with van der Waals surface area (Å²) < 4.78 is 0.